The Morgan fingerprint density at radius 1 is 1.30 bits per heavy atom. The monoisotopic (exact) mass is 303 g/mol. The molecule has 0 aliphatic rings. The van der Waals surface area contributed by atoms with Crippen LogP contribution in [-0.4, -0.2) is 30.1 Å². The van der Waals surface area contributed by atoms with Gasteiger partial charge in [-0.1, -0.05) is 39.0 Å². The highest BCUT2D eigenvalue weighted by molar-refractivity contribution is 7.85. The van der Waals surface area contributed by atoms with E-state index in [2.05, 4.69) is 0 Å². The number of benzene rings is 1. The lowest BCUT2D eigenvalue weighted by Crippen LogP contribution is -2.34. The van der Waals surface area contributed by atoms with Gasteiger partial charge in [-0.05, 0) is 24.0 Å². The molecule has 1 rings (SSSR count). The molecule has 0 radical (unpaired) electrons. The second-order valence-electron chi connectivity index (χ2n) is 4.54. The summed E-state index contributed by atoms with van der Waals surface area (Å²) in [4.78, 5) is 10.0. The number of nitrogens with two attached hydrogens (primary N) is 1. The van der Waals surface area contributed by atoms with Crippen molar-refractivity contribution in [2.75, 3.05) is 0 Å². The van der Waals surface area contributed by atoms with Crippen LogP contribution < -0.4 is 5.73 Å². The Balaban J connectivity index is 0.000000396. The number of aryl methyl sites for hydroxylation is 1. The topological polar surface area (TPSA) is 118 Å². The van der Waals surface area contributed by atoms with Crippen molar-refractivity contribution in [3.8, 4) is 0 Å². The molecule has 0 heterocycles. The Morgan fingerprint density at radius 3 is 2.05 bits per heavy atom. The van der Waals surface area contributed by atoms with Gasteiger partial charge in [0.05, 0.1) is 4.90 Å². The Hall–Kier alpha value is -1.44. The molecule has 0 aromatic heterocycles. The fourth-order valence-electron chi connectivity index (χ4n) is 1.33. The Kier molecular flexibility index (Phi) is 7.41. The quantitative estimate of drug-likeness (QED) is 0.726. The van der Waals surface area contributed by atoms with Gasteiger partial charge in [0, 0.05) is 0 Å². The molecule has 0 aliphatic carbocycles. The van der Waals surface area contributed by atoms with Crippen LogP contribution in [0.15, 0.2) is 29.2 Å². The van der Waals surface area contributed by atoms with E-state index in [0.29, 0.717) is 12.0 Å². The van der Waals surface area contributed by atoms with E-state index in [-0.39, 0.29) is 10.8 Å². The molecule has 0 amide bonds. The summed E-state index contributed by atoms with van der Waals surface area (Å²) in [5.74, 6) is -0.910. The van der Waals surface area contributed by atoms with Gasteiger partial charge in [0.25, 0.3) is 10.1 Å². The van der Waals surface area contributed by atoms with Crippen LogP contribution in [0.4, 0.5) is 0 Å². The normalized spacial score (nSPS) is 12.5. The summed E-state index contributed by atoms with van der Waals surface area (Å²) < 4.78 is 30.3. The van der Waals surface area contributed by atoms with E-state index in [1.807, 2.05) is 6.92 Å². The number of aliphatic carboxylic acids is 1. The fraction of sp³-hybridized carbons (Fsp3) is 0.462. The van der Waals surface area contributed by atoms with Crippen molar-refractivity contribution in [1.82, 2.24) is 0 Å². The van der Waals surface area contributed by atoms with Gasteiger partial charge in [-0.15, -0.1) is 0 Å². The van der Waals surface area contributed by atoms with E-state index in [0.717, 1.165) is 0 Å². The third kappa shape index (κ3) is 6.14. The first kappa shape index (κ1) is 18.6. The molecule has 1 aromatic rings. The highest BCUT2D eigenvalue weighted by atomic mass is 32.2. The fourth-order valence-corrected chi connectivity index (χ4v) is 2.13. The van der Waals surface area contributed by atoms with Gasteiger partial charge in [-0.3, -0.25) is 9.35 Å². The van der Waals surface area contributed by atoms with Crippen LogP contribution in [0.2, 0.25) is 0 Å². The lowest BCUT2D eigenvalue weighted by molar-refractivity contribution is -0.139. The number of rotatable bonds is 4. The lowest BCUT2D eigenvalue weighted by Gasteiger charge is -2.07. The second-order valence-corrected chi connectivity index (χ2v) is 5.93. The minimum absolute atomic E-state index is 0.00694. The summed E-state index contributed by atoms with van der Waals surface area (Å²) in [6.45, 7) is 5.39. The maximum absolute atomic E-state index is 10.8. The number of carboxylic acid groups (broad SMARTS) is 1. The predicted molar refractivity (Wildman–Crippen MR) is 76.1 cm³/mol. The zero-order chi connectivity index (χ0) is 15.9. The van der Waals surface area contributed by atoms with Crippen LogP contribution in [0.1, 0.15) is 26.3 Å². The van der Waals surface area contributed by atoms with E-state index in [4.69, 9.17) is 15.4 Å². The highest BCUT2D eigenvalue weighted by Crippen LogP contribution is 2.14. The summed E-state index contributed by atoms with van der Waals surface area (Å²) in [6, 6.07) is 5.70. The van der Waals surface area contributed by atoms with Crippen molar-refractivity contribution in [3.63, 3.8) is 0 Å². The van der Waals surface area contributed by atoms with E-state index in [9.17, 15) is 13.2 Å². The van der Waals surface area contributed by atoms with Gasteiger partial charge >= 0.3 is 5.97 Å². The van der Waals surface area contributed by atoms with Crippen LogP contribution in [0, 0.1) is 5.92 Å². The Morgan fingerprint density at radius 2 is 1.80 bits per heavy atom. The van der Waals surface area contributed by atoms with Crippen LogP contribution in [-0.2, 0) is 21.3 Å². The molecule has 114 valence electrons. The van der Waals surface area contributed by atoms with E-state index >= 15 is 0 Å². The summed E-state index contributed by atoms with van der Waals surface area (Å²) >= 11 is 0. The van der Waals surface area contributed by atoms with E-state index in [1.165, 1.54) is 6.07 Å². The standard InChI is InChI=1S/C8H10O3S.C5H11NO2/c1-2-7-5-3-4-6-8(7)12(9,10)11;1-3(2)4(6)5(7)8/h3-6H,2H2,1H3,(H,9,10,11);3-4H,6H2,1-2H3,(H,7,8)/t;4-/m.0/s1. The van der Waals surface area contributed by atoms with Crippen molar-refractivity contribution in [2.45, 2.75) is 38.1 Å². The lowest BCUT2D eigenvalue weighted by atomic mass is 10.1. The minimum Gasteiger partial charge on any atom is -0.480 e. The van der Waals surface area contributed by atoms with Gasteiger partial charge < -0.3 is 10.8 Å². The Bertz CT molecular complexity index is 539. The molecule has 7 heteroatoms. The van der Waals surface area contributed by atoms with Crippen LogP contribution in [0.5, 0.6) is 0 Å². The summed E-state index contributed by atoms with van der Waals surface area (Å²) in [6.07, 6.45) is 0.593. The molecule has 0 saturated carbocycles. The van der Waals surface area contributed by atoms with Gasteiger partial charge in [0.15, 0.2) is 0 Å². The average Bonchev–Trinajstić information content (AvgIpc) is 2.37. The maximum atomic E-state index is 10.8. The molecule has 0 aliphatic heterocycles. The molecule has 6 nitrogen and oxygen atoms in total. The van der Waals surface area contributed by atoms with E-state index in [1.54, 1.807) is 32.0 Å². The minimum atomic E-state index is -4.05. The molecule has 4 N–H and O–H groups in total. The van der Waals surface area contributed by atoms with Crippen LogP contribution in [0.3, 0.4) is 0 Å². The third-order valence-electron chi connectivity index (χ3n) is 2.63. The first-order chi connectivity index (χ1) is 9.11. The molecule has 0 bridgehead atoms. The predicted octanol–water partition coefficient (Wildman–Crippen LogP) is 1.55. The molecule has 0 unspecified atom stereocenters. The van der Waals surface area contributed by atoms with Gasteiger partial charge in [-0.25, -0.2) is 0 Å². The molecule has 1 atom stereocenters. The molecular weight excluding hydrogens is 282 g/mol. The molecule has 20 heavy (non-hydrogen) atoms. The second kappa shape index (κ2) is 7.98. The van der Waals surface area contributed by atoms with Crippen molar-refractivity contribution < 1.29 is 22.9 Å². The third-order valence-corrected chi connectivity index (χ3v) is 3.59. The first-order valence-electron chi connectivity index (χ1n) is 6.15. The molecule has 1 aromatic carbocycles. The zero-order valence-electron chi connectivity index (χ0n) is 11.8. The van der Waals surface area contributed by atoms with Crippen molar-refractivity contribution in [3.05, 3.63) is 29.8 Å². The zero-order valence-corrected chi connectivity index (χ0v) is 12.6. The van der Waals surface area contributed by atoms with Crippen LogP contribution in [0.25, 0.3) is 0 Å². The van der Waals surface area contributed by atoms with Crippen molar-refractivity contribution in [2.24, 2.45) is 11.7 Å². The first-order valence-corrected chi connectivity index (χ1v) is 7.59. The summed E-state index contributed by atoms with van der Waals surface area (Å²) in [5.41, 5.74) is 5.80. The molecule has 0 saturated heterocycles. The van der Waals surface area contributed by atoms with Gasteiger partial charge in [-0.2, -0.15) is 8.42 Å². The maximum Gasteiger partial charge on any atom is 0.320 e. The SMILES string of the molecule is CC(C)[C@H](N)C(=O)O.CCc1ccccc1S(=O)(=O)O. The van der Waals surface area contributed by atoms with E-state index < -0.39 is 22.1 Å². The van der Waals surface area contributed by atoms with Crippen LogP contribution >= 0.6 is 0 Å². The smallest absolute Gasteiger partial charge is 0.320 e. The van der Waals surface area contributed by atoms with Gasteiger partial charge in [0.2, 0.25) is 0 Å². The average molecular weight is 303 g/mol. The molecular formula is C13H21NO5S. The largest absolute Gasteiger partial charge is 0.480 e. The number of carboxylic acids is 1. The molecule has 0 fully saturated rings. The number of hydrogen-bond acceptors (Lipinski definition) is 4. The van der Waals surface area contributed by atoms with Crippen molar-refractivity contribution >= 4 is 16.1 Å². The highest BCUT2D eigenvalue weighted by Gasteiger charge is 2.14. The number of hydrogen-bond donors (Lipinski definition) is 3. The Labute approximate surface area is 119 Å². The number of carbonyl (C=O) groups is 1. The summed E-state index contributed by atoms with van der Waals surface area (Å²) in [7, 11) is -4.05. The van der Waals surface area contributed by atoms with Crippen molar-refractivity contribution in [1.29, 1.82) is 0 Å². The summed E-state index contributed by atoms with van der Waals surface area (Å²) in [5, 5.41) is 8.23. The molecule has 0 spiro atoms. The van der Waals surface area contributed by atoms with Gasteiger partial charge in [0.1, 0.15) is 6.04 Å².